The van der Waals surface area contributed by atoms with Crippen LogP contribution in [0.4, 0.5) is 0 Å². The number of quaternary nitrogens is 1. The third kappa shape index (κ3) is 3.18. The second-order valence-corrected chi connectivity index (χ2v) is 6.50. The summed E-state index contributed by atoms with van der Waals surface area (Å²) in [6.45, 7) is 4.97. The maximum absolute atomic E-state index is 12.3. The van der Waals surface area contributed by atoms with Crippen molar-refractivity contribution in [3.8, 4) is 0 Å². The highest BCUT2D eigenvalue weighted by Crippen LogP contribution is 2.18. The van der Waals surface area contributed by atoms with Gasteiger partial charge in [-0.2, -0.15) is 0 Å². The highest BCUT2D eigenvalue weighted by molar-refractivity contribution is 5.83. The van der Waals surface area contributed by atoms with Gasteiger partial charge in [0, 0.05) is 10.9 Å². The predicted molar refractivity (Wildman–Crippen MR) is 86.5 cm³/mol. The van der Waals surface area contributed by atoms with E-state index in [2.05, 4.69) is 42.3 Å². The van der Waals surface area contributed by atoms with Crippen molar-refractivity contribution in [2.24, 2.45) is 0 Å². The van der Waals surface area contributed by atoms with Gasteiger partial charge in [-0.25, -0.2) is 0 Å². The molecule has 3 N–H and O–H groups in total. The first-order valence-corrected chi connectivity index (χ1v) is 8.10. The predicted octanol–water partition coefficient (Wildman–Crippen LogP) is 2.54. The van der Waals surface area contributed by atoms with Gasteiger partial charge in [-0.3, -0.25) is 4.79 Å². The Morgan fingerprint density at radius 1 is 1.14 bits per heavy atom. The maximum atomic E-state index is 12.3. The minimum atomic E-state index is 0.0690. The molecule has 0 aliphatic heterocycles. The number of nitrogens with two attached hydrogens (primary N) is 1. The van der Waals surface area contributed by atoms with Crippen molar-refractivity contribution in [1.82, 2.24) is 4.98 Å². The molecule has 0 unspecified atom stereocenters. The largest absolute Gasteiger partial charge is 0.340 e. The van der Waals surface area contributed by atoms with E-state index in [4.69, 9.17) is 0 Å². The van der Waals surface area contributed by atoms with Gasteiger partial charge in [-0.05, 0) is 62.8 Å². The van der Waals surface area contributed by atoms with Crippen LogP contribution in [0.1, 0.15) is 48.8 Å². The fourth-order valence-electron chi connectivity index (χ4n) is 3.53. The summed E-state index contributed by atoms with van der Waals surface area (Å²) in [4.78, 5) is 15.3. The van der Waals surface area contributed by atoms with Crippen LogP contribution in [0.3, 0.4) is 0 Å². The van der Waals surface area contributed by atoms with Gasteiger partial charge in [-0.1, -0.05) is 12.5 Å². The lowest BCUT2D eigenvalue weighted by atomic mass is 9.95. The van der Waals surface area contributed by atoms with E-state index in [0.29, 0.717) is 6.04 Å². The van der Waals surface area contributed by atoms with Crippen molar-refractivity contribution < 1.29 is 5.32 Å². The Bertz CT molecular complexity index is 696. The van der Waals surface area contributed by atoms with Gasteiger partial charge in [0.1, 0.15) is 6.54 Å². The van der Waals surface area contributed by atoms with Crippen molar-refractivity contribution in [2.45, 2.75) is 58.5 Å². The normalized spacial score (nSPS) is 16.5. The molecule has 1 fully saturated rings. The van der Waals surface area contributed by atoms with Gasteiger partial charge in [-0.15, -0.1) is 0 Å². The first-order chi connectivity index (χ1) is 10.1. The molecular formula is C18H25N2O+. The Morgan fingerprint density at radius 3 is 2.67 bits per heavy atom. The van der Waals surface area contributed by atoms with E-state index < -0.39 is 0 Å². The molecule has 1 saturated carbocycles. The van der Waals surface area contributed by atoms with Gasteiger partial charge < -0.3 is 10.3 Å². The summed E-state index contributed by atoms with van der Waals surface area (Å²) in [5.74, 6) is 0. The maximum Gasteiger partial charge on any atom is 0.257 e. The zero-order chi connectivity index (χ0) is 14.8. The van der Waals surface area contributed by atoms with Crippen LogP contribution in [0.2, 0.25) is 0 Å². The van der Waals surface area contributed by atoms with Gasteiger partial charge >= 0.3 is 0 Å². The average Bonchev–Trinajstić information content (AvgIpc) is 2.46. The molecule has 0 radical (unpaired) electrons. The smallest absolute Gasteiger partial charge is 0.257 e. The minimum Gasteiger partial charge on any atom is -0.340 e. The lowest BCUT2D eigenvalue weighted by Gasteiger charge is -2.19. The Kier molecular flexibility index (Phi) is 4.11. The molecule has 1 heterocycles. The SMILES string of the molecule is Cc1cc(C)c2cc(C[NH2+]C3CCCCC3)c(=O)[nH]c2c1. The van der Waals surface area contributed by atoms with Crippen molar-refractivity contribution >= 4 is 10.9 Å². The Labute approximate surface area is 125 Å². The third-order valence-electron chi connectivity index (χ3n) is 4.71. The first kappa shape index (κ1) is 14.3. The van der Waals surface area contributed by atoms with E-state index in [1.807, 2.05) is 0 Å². The average molecular weight is 285 g/mol. The topological polar surface area (TPSA) is 49.5 Å². The van der Waals surface area contributed by atoms with E-state index in [9.17, 15) is 4.79 Å². The quantitative estimate of drug-likeness (QED) is 0.894. The highest BCUT2D eigenvalue weighted by atomic mass is 16.1. The molecule has 1 aliphatic rings. The van der Waals surface area contributed by atoms with E-state index in [1.165, 1.54) is 48.6 Å². The monoisotopic (exact) mass is 285 g/mol. The van der Waals surface area contributed by atoms with E-state index >= 15 is 0 Å². The Morgan fingerprint density at radius 2 is 1.90 bits per heavy atom. The number of fused-ring (bicyclic) bond motifs is 1. The number of benzene rings is 1. The number of pyridine rings is 1. The summed E-state index contributed by atoms with van der Waals surface area (Å²) in [7, 11) is 0. The molecule has 1 aromatic carbocycles. The molecule has 1 aromatic heterocycles. The number of hydrogen-bond donors (Lipinski definition) is 2. The molecule has 0 bridgehead atoms. The molecule has 3 heteroatoms. The van der Waals surface area contributed by atoms with Crippen LogP contribution < -0.4 is 10.9 Å². The van der Waals surface area contributed by atoms with Crippen molar-refractivity contribution in [3.05, 3.63) is 45.2 Å². The number of aromatic nitrogens is 1. The molecule has 1 aliphatic carbocycles. The van der Waals surface area contributed by atoms with Crippen LogP contribution in [0.15, 0.2) is 23.0 Å². The number of aromatic amines is 1. The Balaban J connectivity index is 1.85. The first-order valence-electron chi connectivity index (χ1n) is 8.10. The van der Waals surface area contributed by atoms with Crippen molar-refractivity contribution in [2.75, 3.05) is 0 Å². The number of hydrogen-bond acceptors (Lipinski definition) is 1. The van der Waals surface area contributed by atoms with Crippen LogP contribution >= 0.6 is 0 Å². The molecule has 112 valence electrons. The summed E-state index contributed by atoms with van der Waals surface area (Å²) in [5.41, 5.74) is 4.36. The summed E-state index contributed by atoms with van der Waals surface area (Å²) in [6, 6.07) is 7.02. The fourth-order valence-corrected chi connectivity index (χ4v) is 3.53. The molecule has 3 rings (SSSR count). The third-order valence-corrected chi connectivity index (χ3v) is 4.71. The van der Waals surface area contributed by atoms with Crippen LogP contribution in [-0.4, -0.2) is 11.0 Å². The van der Waals surface area contributed by atoms with Gasteiger partial charge in [0.05, 0.1) is 11.6 Å². The molecule has 0 saturated heterocycles. The fraction of sp³-hybridized carbons (Fsp3) is 0.500. The summed E-state index contributed by atoms with van der Waals surface area (Å²) in [6.07, 6.45) is 6.65. The highest BCUT2D eigenvalue weighted by Gasteiger charge is 2.16. The van der Waals surface area contributed by atoms with Gasteiger partial charge in [0.15, 0.2) is 0 Å². The molecule has 0 atom stereocenters. The van der Waals surface area contributed by atoms with Gasteiger partial charge in [0.25, 0.3) is 5.56 Å². The summed E-state index contributed by atoms with van der Waals surface area (Å²) >= 11 is 0. The number of aryl methyl sites for hydroxylation is 2. The number of rotatable bonds is 3. The molecular weight excluding hydrogens is 260 g/mol. The summed E-state index contributed by atoms with van der Waals surface area (Å²) in [5, 5.41) is 3.53. The number of H-pyrrole nitrogens is 1. The second kappa shape index (κ2) is 6.02. The summed E-state index contributed by atoms with van der Waals surface area (Å²) < 4.78 is 0. The van der Waals surface area contributed by atoms with Crippen LogP contribution in [-0.2, 0) is 6.54 Å². The van der Waals surface area contributed by atoms with Crippen molar-refractivity contribution in [3.63, 3.8) is 0 Å². The van der Waals surface area contributed by atoms with E-state index in [-0.39, 0.29) is 5.56 Å². The second-order valence-electron chi connectivity index (χ2n) is 6.50. The molecule has 3 nitrogen and oxygen atoms in total. The number of nitrogens with one attached hydrogen (secondary N) is 1. The van der Waals surface area contributed by atoms with Crippen LogP contribution in [0.5, 0.6) is 0 Å². The van der Waals surface area contributed by atoms with Crippen LogP contribution in [0, 0.1) is 13.8 Å². The lowest BCUT2D eigenvalue weighted by molar-refractivity contribution is -0.706. The van der Waals surface area contributed by atoms with E-state index in [1.54, 1.807) is 0 Å². The van der Waals surface area contributed by atoms with Crippen LogP contribution in [0.25, 0.3) is 10.9 Å². The van der Waals surface area contributed by atoms with Crippen molar-refractivity contribution in [1.29, 1.82) is 0 Å². The van der Waals surface area contributed by atoms with E-state index in [0.717, 1.165) is 17.6 Å². The standard InChI is InChI=1S/C18H24N2O/c1-12-8-13(2)16-10-14(18(21)20-17(16)9-12)11-19-15-6-4-3-5-7-15/h8-10,15,19H,3-7,11H2,1-2H3,(H,20,21)/p+1. The zero-order valence-corrected chi connectivity index (χ0v) is 13.0. The zero-order valence-electron chi connectivity index (χ0n) is 13.0. The molecule has 21 heavy (non-hydrogen) atoms. The molecule has 0 amide bonds. The Hall–Kier alpha value is -1.61. The molecule has 2 aromatic rings. The molecule has 0 spiro atoms. The lowest BCUT2D eigenvalue weighted by Crippen LogP contribution is -2.89. The minimum absolute atomic E-state index is 0.0690. The van der Waals surface area contributed by atoms with Gasteiger partial charge in [0.2, 0.25) is 0 Å².